The van der Waals surface area contributed by atoms with E-state index in [0.717, 1.165) is 50.3 Å². The van der Waals surface area contributed by atoms with Gasteiger partial charge in [0.2, 0.25) is 0 Å². The minimum Gasteiger partial charge on any atom is -0.367 e. The van der Waals surface area contributed by atoms with Gasteiger partial charge in [0.25, 0.3) is 0 Å². The summed E-state index contributed by atoms with van der Waals surface area (Å²) < 4.78 is 7.52. The molecule has 0 N–H and O–H groups in total. The largest absolute Gasteiger partial charge is 0.367 e. The van der Waals surface area contributed by atoms with E-state index in [0.29, 0.717) is 0 Å². The van der Waals surface area contributed by atoms with Gasteiger partial charge in [-0.25, -0.2) is 0 Å². The third kappa shape index (κ3) is 6.88. The maximum absolute atomic E-state index is 6.40. The number of piperazine rings is 1. The molecule has 1 saturated heterocycles. The van der Waals surface area contributed by atoms with Gasteiger partial charge in [-0.1, -0.05) is 101 Å². The Morgan fingerprint density at radius 2 is 1.41 bits per heavy atom. The molecule has 0 spiro atoms. The van der Waals surface area contributed by atoms with Gasteiger partial charge in [0.1, 0.15) is 6.10 Å². The molecule has 3 aromatic rings. The number of rotatable bonds is 9. The Morgan fingerprint density at radius 3 is 2.03 bits per heavy atom. The van der Waals surface area contributed by atoms with Gasteiger partial charge in [-0.3, -0.25) is 9.80 Å². The van der Waals surface area contributed by atoms with Gasteiger partial charge in [-0.2, -0.15) is 0 Å². The van der Waals surface area contributed by atoms with E-state index in [4.69, 9.17) is 4.74 Å². The maximum Gasteiger partial charge on any atom is 0.108 e. The Bertz CT molecular complexity index is 929. The van der Waals surface area contributed by atoms with Gasteiger partial charge in [0, 0.05) is 43.7 Å². The van der Waals surface area contributed by atoms with Crippen LogP contribution in [0.2, 0.25) is 0 Å². The Labute approximate surface area is 200 Å². The van der Waals surface area contributed by atoms with Gasteiger partial charge >= 0.3 is 0 Å². The van der Waals surface area contributed by atoms with Crippen LogP contribution in [0, 0.1) is 0 Å². The van der Waals surface area contributed by atoms with Crippen LogP contribution in [0.4, 0.5) is 0 Å². The molecule has 4 heteroatoms. The number of benzene rings is 3. The molecule has 3 aromatic carbocycles. The molecular formula is C28H31BrN2O. The van der Waals surface area contributed by atoms with Crippen molar-refractivity contribution in [3.05, 3.63) is 112 Å². The molecule has 0 aliphatic carbocycles. The molecule has 4 rings (SSSR count). The summed E-state index contributed by atoms with van der Waals surface area (Å²) in [7, 11) is 0. The third-order valence-electron chi connectivity index (χ3n) is 5.88. The van der Waals surface area contributed by atoms with Crippen LogP contribution in [0.1, 0.15) is 22.8 Å². The van der Waals surface area contributed by atoms with Gasteiger partial charge in [-0.05, 0) is 28.8 Å². The summed E-state index contributed by atoms with van der Waals surface area (Å²) in [6, 6.07) is 29.5. The first-order chi connectivity index (χ1) is 15.8. The molecule has 0 amide bonds. The van der Waals surface area contributed by atoms with Crippen molar-refractivity contribution in [1.29, 1.82) is 0 Å². The fourth-order valence-corrected chi connectivity index (χ4v) is 4.50. The highest BCUT2D eigenvalue weighted by atomic mass is 79.9. The SMILES string of the molecule is Brc1cccc(/C=C/CN2CCN(CCOC(c3ccccc3)c3ccccc3)CC2)c1. The Morgan fingerprint density at radius 1 is 0.781 bits per heavy atom. The molecule has 0 atom stereocenters. The number of hydrogen-bond acceptors (Lipinski definition) is 3. The van der Waals surface area contributed by atoms with Crippen LogP contribution in [0.15, 0.2) is 95.5 Å². The molecule has 0 aromatic heterocycles. The normalized spacial score (nSPS) is 15.6. The summed E-state index contributed by atoms with van der Waals surface area (Å²) in [6.45, 7) is 7.09. The van der Waals surface area contributed by atoms with Gasteiger partial charge < -0.3 is 4.74 Å². The molecule has 1 aliphatic rings. The highest BCUT2D eigenvalue weighted by molar-refractivity contribution is 9.10. The second-order valence-corrected chi connectivity index (χ2v) is 9.09. The summed E-state index contributed by atoms with van der Waals surface area (Å²) in [4.78, 5) is 5.03. The monoisotopic (exact) mass is 490 g/mol. The second kappa shape index (κ2) is 12.1. The Hall–Kier alpha value is -2.24. The molecule has 1 aliphatic heterocycles. The molecule has 0 unspecified atom stereocenters. The molecule has 0 saturated carbocycles. The van der Waals surface area contributed by atoms with Crippen LogP contribution in [-0.4, -0.2) is 55.7 Å². The second-order valence-electron chi connectivity index (χ2n) is 8.17. The van der Waals surface area contributed by atoms with Crippen molar-refractivity contribution < 1.29 is 4.74 Å². The van der Waals surface area contributed by atoms with E-state index in [-0.39, 0.29) is 6.10 Å². The predicted octanol–water partition coefficient (Wildman–Crippen LogP) is 5.89. The summed E-state index contributed by atoms with van der Waals surface area (Å²) >= 11 is 3.53. The Balaban J connectivity index is 1.22. The molecule has 0 bridgehead atoms. The van der Waals surface area contributed by atoms with Crippen molar-refractivity contribution in [2.24, 2.45) is 0 Å². The molecule has 166 valence electrons. The van der Waals surface area contributed by atoms with Crippen LogP contribution in [0.3, 0.4) is 0 Å². The van der Waals surface area contributed by atoms with E-state index in [1.54, 1.807) is 0 Å². The van der Waals surface area contributed by atoms with Crippen molar-refractivity contribution in [1.82, 2.24) is 9.80 Å². The topological polar surface area (TPSA) is 15.7 Å². The van der Waals surface area contributed by atoms with E-state index < -0.39 is 0 Å². The maximum atomic E-state index is 6.40. The number of nitrogens with zero attached hydrogens (tertiary/aromatic N) is 2. The average molecular weight is 491 g/mol. The van der Waals surface area contributed by atoms with Crippen LogP contribution >= 0.6 is 15.9 Å². The highest BCUT2D eigenvalue weighted by Gasteiger charge is 2.18. The van der Waals surface area contributed by atoms with Gasteiger partial charge in [0.15, 0.2) is 0 Å². The fraction of sp³-hybridized carbons (Fsp3) is 0.286. The lowest BCUT2D eigenvalue weighted by Gasteiger charge is -2.34. The van der Waals surface area contributed by atoms with Gasteiger partial charge in [0.05, 0.1) is 6.61 Å². The summed E-state index contributed by atoms with van der Waals surface area (Å²) in [6.07, 6.45) is 4.46. The quantitative estimate of drug-likeness (QED) is 0.372. The van der Waals surface area contributed by atoms with E-state index in [2.05, 4.69) is 123 Å². The van der Waals surface area contributed by atoms with Crippen LogP contribution < -0.4 is 0 Å². The first-order valence-corrected chi connectivity index (χ1v) is 12.2. The zero-order valence-electron chi connectivity index (χ0n) is 18.4. The van der Waals surface area contributed by atoms with E-state index in [9.17, 15) is 0 Å². The molecule has 32 heavy (non-hydrogen) atoms. The van der Waals surface area contributed by atoms with Crippen LogP contribution in [-0.2, 0) is 4.74 Å². The molecule has 0 radical (unpaired) electrons. The fourth-order valence-electron chi connectivity index (χ4n) is 4.08. The number of hydrogen-bond donors (Lipinski definition) is 0. The predicted molar refractivity (Wildman–Crippen MR) is 137 cm³/mol. The third-order valence-corrected chi connectivity index (χ3v) is 6.38. The Kier molecular flexibility index (Phi) is 8.69. The van der Waals surface area contributed by atoms with Crippen molar-refractivity contribution in [2.45, 2.75) is 6.10 Å². The van der Waals surface area contributed by atoms with Crippen LogP contribution in [0.5, 0.6) is 0 Å². The van der Waals surface area contributed by atoms with Crippen LogP contribution in [0.25, 0.3) is 6.08 Å². The minimum absolute atomic E-state index is 0.0122. The molecular weight excluding hydrogens is 460 g/mol. The smallest absolute Gasteiger partial charge is 0.108 e. The lowest BCUT2D eigenvalue weighted by Crippen LogP contribution is -2.47. The summed E-state index contributed by atoms with van der Waals surface area (Å²) in [5.74, 6) is 0. The summed E-state index contributed by atoms with van der Waals surface area (Å²) in [5, 5.41) is 0. The molecule has 1 fully saturated rings. The van der Waals surface area contributed by atoms with Gasteiger partial charge in [-0.15, -0.1) is 0 Å². The molecule has 1 heterocycles. The zero-order chi connectivity index (χ0) is 22.0. The van der Waals surface area contributed by atoms with Crippen molar-refractivity contribution in [2.75, 3.05) is 45.9 Å². The first kappa shape index (κ1) is 22.9. The van der Waals surface area contributed by atoms with E-state index in [1.807, 2.05) is 0 Å². The first-order valence-electron chi connectivity index (χ1n) is 11.4. The van der Waals surface area contributed by atoms with Crippen molar-refractivity contribution in [3.8, 4) is 0 Å². The highest BCUT2D eigenvalue weighted by Crippen LogP contribution is 2.25. The van der Waals surface area contributed by atoms with Crippen molar-refractivity contribution in [3.63, 3.8) is 0 Å². The lowest BCUT2D eigenvalue weighted by molar-refractivity contribution is 0.0468. The molecule has 3 nitrogen and oxygen atoms in total. The van der Waals surface area contributed by atoms with Crippen molar-refractivity contribution >= 4 is 22.0 Å². The summed E-state index contributed by atoms with van der Waals surface area (Å²) in [5.41, 5.74) is 3.66. The lowest BCUT2D eigenvalue weighted by atomic mass is 10.0. The zero-order valence-corrected chi connectivity index (χ0v) is 20.0. The minimum atomic E-state index is -0.0122. The average Bonchev–Trinajstić information content (AvgIpc) is 2.84. The standard InChI is InChI=1S/C28H31BrN2O/c29-27-15-7-9-24(23-27)10-8-16-30-17-19-31(20-18-30)21-22-32-28(25-11-3-1-4-12-25)26-13-5-2-6-14-26/h1-15,23,28H,16-22H2/b10-8+. The van der Waals surface area contributed by atoms with E-state index in [1.165, 1.54) is 16.7 Å². The number of ether oxygens (including phenoxy) is 1. The van der Waals surface area contributed by atoms with E-state index >= 15 is 0 Å². The number of halogens is 1.